The van der Waals surface area contributed by atoms with Gasteiger partial charge >= 0.3 is 5.97 Å². The van der Waals surface area contributed by atoms with Crippen molar-refractivity contribution in [1.82, 2.24) is 5.32 Å². The van der Waals surface area contributed by atoms with Crippen LogP contribution in [-0.2, 0) is 20.8 Å². The van der Waals surface area contributed by atoms with Crippen LogP contribution in [0.15, 0.2) is 30.3 Å². The smallest absolute Gasteiger partial charge is 0.321 e. The van der Waals surface area contributed by atoms with Gasteiger partial charge in [-0.3, -0.25) is 19.7 Å². The molecule has 0 fully saturated rings. The molecule has 0 heterocycles. The molecule has 0 aliphatic rings. The third-order valence-corrected chi connectivity index (χ3v) is 3.40. The number of carboxylic acids is 1. The van der Waals surface area contributed by atoms with E-state index in [9.17, 15) is 14.4 Å². The number of hydrogen-bond acceptors (Lipinski definition) is 5. The molecule has 0 bridgehead atoms. The number of carbonyl (C=O) groups is 3. The highest BCUT2D eigenvalue weighted by Gasteiger charge is 2.13. The summed E-state index contributed by atoms with van der Waals surface area (Å²) in [5.41, 5.74) is 6.11. The van der Waals surface area contributed by atoms with E-state index in [1.807, 2.05) is 18.2 Å². The Hall–Kier alpha value is -1.86. The number of thioether (sulfide) groups is 1. The summed E-state index contributed by atoms with van der Waals surface area (Å²) < 4.78 is 0. The first kappa shape index (κ1) is 16.2. The van der Waals surface area contributed by atoms with Crippen LogP contribution in [0.4, 0.5) is 0 Å². The Balaban J connectivity index is 2.25. The minimum atomic E-state index is -1.11. The van der Waals surface area contributed by atoms with Gasteiger partial charge in [0.05, 0.1) is 12.2 Å². The molecule has 108 valence electrons. The van der Waals surface area contributed by atoms with Crippen LogP contribution >= 0.6 is 11.8 Å². The Morgan fingerprint density at radius 2 is 1.85 bits per heavy atom. The van der Waals surface area contributed by atoms with Crippen molar-refractivity contribution in [2.45, 2.75) is 12.5 Å². The number of hydrogen-bond donors (Lipinski definition) is 3. The van der Waals surface area contributed by atoms with E-state index in [2.05, 4.69) is 5.32 Å². The minimum Gasteiger partial charge on any atom is -0.480 e. The van der Waals surface area contributed by atoms with Gasteiger partial charge in [-0.2, -0.15) is 0 Å². The molecule has 0 radical (unpaired) electrons. The van der Waals surface area contributed by atoms with Gasteiger partial charge in [0, 0.05) is 5.75 Å². The Bertz CT molecular complexity index is 479. The van der Waals surface area contributed by atoms with E-state index < -0.39 is 17.9 Å². The molecule has 0 aliphatic carbocycles. The Morgan fingerprint density at radius 1 is 1.20 bits per heavy atom. The SMILES string of the molecule is N[C@@H](CSCC(=O)NC(=O)Cc1ccccc1)C(=O)O. The number of amides is 2. The molecule has 0 aromatic heterocycles. The molecule has 7 heteroatoms. The molecule has 1 rings (SSSR count). The number of nitrogens with one attached hydrogen (secondary N) is 1. The zero-order valence-electron chi connectivity index (χ0n) is 10.7. The lowest BCUT2D eigenvalue weighted by molar-refractivity contribution is -0.138. The summed E-state index contributed by atoms with van der Waals surface area (Å²) in [7, 11) is 0. The molecule has 0 spiro atoms. The van der Waals surface area contributed by atoms with Gasteiger partial charge in [0.2, 0.25) is 11.8 Å². The maximum atomic E-state index is 11.6. The third kappa shape index (κ3) is 6.35. The predicted octanol–water partition coefficient (Wildman–Crippen LogP) is 0.0170. The number of benzene rings is 1. The fourth-order valence-corrected chi connectivity index (χ4v) is 2.14. The quantitative estimate of drug-likeness (QED) is 0.654. The van der Waals surface area contributed by atoms with Gasteiger partial charge < -0.3 is 10.8 Å². The van der Waals surface area contributed by atoms with E-state index in [1.54, 1.807) is 12.1 Å². The second-order valence-corrected chi connectivity index (χ2v) is 5.12. The van der Waals surface area contributed by atoms with Crippen LogP contribution in [0, 0.1) is 0 Å². The van der Waals surface area contributed by atoms with Crippen LogP contribution in [0.3, 0.4) is 0 Å². The van der Waals surface area contributed by atoms with Crippen molar-refractivity contribution in [1.29, 1.82) is 0 Å². The summed E-state index contributed by atoms with van der Waals surface area (Å²) in [6.07, 6.45) is 0.131. The lowest BCUT2D eigenvalue weighted by Gasteiger charge is -2.06. The molecule has 1 aromatic carbocycles. The van der Waals surface area contributed by atoms with Gasteiger partial charge in [0.25, 0.3) is 0 Å². The maximum absolute atomic E-state index is 11.6. The van der Waals surface area contributed by atoms with Crippen LogP contribution in [0.25, 0.3) is 0 Å². The van der Waals surface area contributed by atoms with Gasteiger partial charge in [-0.15, -0.1) is 11.8 Å². The van der Waals surface area contributed by atoms with Crippen molar-refractivity contribution in [2.24, 2.45) is 5.73 Å². The van der Waals surface area contributed by atoms with Crippen molar-refractivity contribution in [3.63, 3.8) is 0 Å². The number of imide groups is 1. The summed E-state index contributed by atoms with van der Waals surface area (Å²) in [5, 5.41) is 10.8. The molecule has 0 aliphatic heterocycles. The van der Waals surface area contributed by atoms with Crippen molar-refractivity contribution < 1.29 is 19.5 Å². The molecule has 0 unspecified atom stereocenters. The van der Waals surface area contributed by atoms with Crippen LogP contribution < -0.4 is 11.1 Å². The molecular formula is C13H16N2O4S. The fourth-order valence-electron chi connectivity index (χ4n) is 1.37. The first-order chi connectivity index (χ1) is 9.49. The first-order valence-corrected chi connectivity index (χ1v) is 7.07. The van der Waals surface area contributed by atoms with Gasteiger partial charge in [-0.05, 0) is 5.56 Å². The summed E-state index contributed by atoms with van der Waals surface area (Å²) >= 11 is 1.08. The monoisotopic (exact) mass is 296 g/mol. The predicted molar refractivity (Wildman–Crippen MR) is 76.2 cm³/mol. The molecule has 1 atom stereocenters. The van der Waals surface area contributed by atoms with Crippen LogP contribution in [-0.4, -0.2) is 40.4 Å². The van der Waals surface area contributed by atoms with Crippen molar-refractivity contribution in [3.05, 3.63) is 35.9 Å². The first-order valence-electron chi connectivity index (χ1n) is 5.91. The summed E-state index contributed by atoms with van der Waals surface area (Å²) in [6.45, 7) is 0. The second-order valence-electron chi connectivity index (χ2n) is 4.09. The van der Waals surface area contributed by atoms with Gasteiger partial charge in [0.1, 0.15) is 6.04 Å². The van der Waals surface area contributed by atoms with Gasteiger partial charge in [0.15, 0.2) is 0 Å². The molecule has 20 heavy (non-hydrogen) atoms. The van der Waals surface area contributed by atoms with Gasteiger partial charge in [-0.25, -0.2) is 0 Å². The zero-order chi connectivity index (χ0) is 15.0. The van der Waals surface area contributed by atoms with Crippen LogP contribution in [0.5, 0.6) is 0 Å². The minimum absolute atomic E-state index is 0.00150. The van der Waals surface area contributed by atoms with E-state index in [0.29, 0.717) is 0 Å². The van der Waals surface area contributed by atoms with E-state index >= 15 is 0 Å². The highest BCUT2D eigenvalue weighted by Crippen LogP contribution is 2.02. The molecule has 1 aromatic rings. The van der Waals surface area contributed by atoms with E-state index in [0.717, 1.165) is 17.3 Å². The Labute approximate surface area is 120 Å². The largest absolute Gasteiger partial charge is 0.480 e. The van der Waals surface area contributed by atoms with Gasteiger partial charge in [-0.1, -0.05) is 30.3 Å². The zero-order valence-corrected chi connectivity index (χ0v) is 11.6. The average Bonchev–Trinajstić information content (AvgIpc) is 2.39. The highest BCUT2D eigenvalue weighted by atomic mass is 32.2. The van der Waals surface area contributed by atoms with Crippen LogP contribution in [0.2, 0.25) is 0 Å². The van der Waals surface area contributed by atoms with E-state index in [4.69, 9.17) is 10.8 Å². The number of nitrogens with two attached hydrogens (primary N) is 1. The third-order valence-electron chi connectivity index (χ3n) is 2.33. The normalized spacial score (nSPS) is 11.7. The summed E-state index contributed by atoms with van der Waals surface area (Å²) in [6, 6.07) is 8.05. The molecule has 0 saturated heterocycles. The molecular weight excluding hydrogens is 280 g/mol. The number of aliphatic carboxylic acids is 1. The van der Waals surface area contributed by atoms with Crippen molar-refractivity contribution >= 4 is 29.5 Å². The average molecular weight is 296 g/mol. The molecule has 0 saturated carbocycles. The standard InChI is InChI=1S/C13H16N2O4S/c14-10(13(18)19)7-20-8-12(17)15-11(16)6-9-4-2-1-3-5-9/h1-5,10H,6-8,14H2,(H,18,19)(H,15,16,17)/t10-/m0/s1. The lowest BCUT2D eigenvalue weighted by atomic mass is 10.1. The van der Waals surface area contributed by atoms with Crippen molar-refractivity contribution in [3.8, 4) is 0 Å². The molecule has 4 N–H and O–H groups in total. The van der Waals surface area contributed by atoms with Crippen molar-refractivity contribution in [2.75, 3.05) is 11.5 Å². The maximum Gasteiger partial charge on any atom is 0.321 e. The van der Waals surface area contributed by atoms with E-state index in [1.165, 1.54) is 0 Å². The number of carbonyl (C=O) groups excluding carboxylic acids is 2. The van der Waals surface area contributed by atoms with Crippen LogP contribution in [0.1, 0.15) is 5.56 Å². The summed E-state index contributed by atoms with van der Waals surface area (Å²) in [5.74, 6) is -1.83. The van der Waals surface area contributed by atoms with E-state index in [-0.39, 0.29) is 23.8 Å². The topological polar surface area (TPSA) is 109 Å². The Kier molecular flexibility index (Phi) is 6.75. The number of rotatable bonds is 7. The summed E-state index contributed by atoms with van der Waals surface area (Å²) in [4.78, 5) is 33.5. The number of carboxylic acid groups (broad SMARTS) is 1. The molecule has 6 nitrogen and oxygen atoms in total. The molecule has 2 amide bonds. The Morgan fingerprint density at radius 3 is 2.45 bits per heavy atom. The second kappa shape index (κ2) is 8.34. The highest BCUT2D eigenvalue weighted by molar-refractivity contribution is 8.00. The lowest BCUT2D eigenvalue weighted by Crippen LogP contribution is -2.35. The fraction of sp³-hybridized carbons (Fsp3) is 0.308.